The lowest BCUT2D eigenvalue weighted by molar-refractivity contribution is -0.125. The molecular weight excluding hydrogens is 410 g/mol. The summed E-state index contributed by atoms with van der Waals surface area (Å²) in [6.45, 7) is 6.79. The topological polar surface area (TPSA) is 61.4 Å². The Labute approximate surface area is 190 Å². The lowest BCUT2D eigenvalue weighted by atomic mass is 9.96. The van der Waals surface area contributed by atoms with Gasteiger partial charge in [0.15, 0.2) is 0 Å². The fourth-order valence-corrected chi connectivity index (χ4v) is 4.02. The summed E-state index contributed by atoms with van der Waals surface area (Å²) in [5, 5.41) is 6.88. The summed E-state index contributed by atoms with van der Waals surface area (Å²) in [5.74, 6) is -0.244. The number of carbonyl (C=O) groups excluding carboxylic acids is 2. The van der Waals surface area contributed by atoms with Crippen molar-refractivity contribution in [1.29, 1.82) is 0 Å². The molecule has 3 rings (SSSR count). The first-order valence-electron chi connectivity index (χ1n) is 11.1. The number of carbonyl (C=O) groups is 2. The summed E-state index contributed by atoms with van der Waals surface area (Å²) >= 11 is 5.97. The van der Waals surface area contributed by atoms with E-state index in [9.17, 15) is 9.59 Å². The van der Waals surface area contributed by atoms with E-state index in [4.69, 9.17) is 11.6 Å². The number of benzene rings is 2. The molecule has 0 saturated carbocycles. The van der Waals surface area contributed by atoms with Crippen LogP contribution in [-0.2, 0) is 11.3 Å². The van der Waals surface area contributed by atoms with Gasteiger partial charge in [0, 0.05) is 36.3 Å². The quantitative estimate of drug-likeness (QED) is 0.643. The van der Waals surface area contributed by atoms with E-state index in [0.717, 1.165) is 43.9 Å². The summed E-state index contributed by atoms with van der Waals surface area (Å²) in [5.41, 5.74) is 1.81. The van der Waals surface area contributed by atoms with Gasteiger partial charge in [-0.25, -0.2) is 0 Å². The minimum absolute atomic E-state index is 0.0534. The Morgan fingerprint density at radius 1 is 1.06 bits per heavy atom. The maximum Gasteiger partial charge on any atom is 0.251 e. The zero-order valence-corrected chi connectivity index (χ0v) is 19.1. The molecule has 1 aliphatic rings. The van der Waals surface area contributed by atoms with Crippen LogP contribution >= 0.6 is 11.6 Å². The van der Waals surface area contributed by atoms with Crippen molar-refractivity contribution < 1.29 is 9.59 Å². The van der Waals surface area contributed by atoms with Gasteiger partial charge in [0.2, 0.25) is 5.91 Å². The summed E-state index contributed by atoms with van der Waals surface area (Å²) < 4.78 is 0. The molecule has 1 aliphatic heterocycles. The van der Waals surface area contributed by atoms with Crippen molar-refractivity contribution in [2.45, 2.75) is 51.7 Å². The number of rotatable bonds is 8. The Hall–Kier alpha value is -2.37. The first kappa shape index (κ1) is 23.3. The molecule has 2 aromatic carbocycles. The largest absolute Gasteiger partial charge is 0.351 e. The van der Waals surface area contributed by atoms with E-state index >= 15 is 0 Å². The summed E-state index contributed by atoms with van der Waals surface area (Å²) in [6, 6.07) is 16.6. The maximum atomic E-state index is 13.0. The van der Waals surface area contributed by atoms with Gasteiger partial charge in [0.05, 0.1) is 0 Å². The molecule has 5 nitrogen and oxygen atoms in total. The molecule has 166 valence electrons. The Kier molecular flexibility index (Phi) is 8.50. The molecule has 1 fully saturated rings. The summed E-state index contributed by atoms with van der Waals surface area (Å²) in [4.78, 5) is 28.0. The zero-order valence-electron chi connectivity index (χ0n) is 18.3. The minimum Gasteiger partial charge on any atom is -0.351 e. The van der Waals surface area contributed by atoms with Crippen LogP contribution in [0.1, 0.15) is 49.0 Å². The number of amides is 2. The number of nitrogens with one attached hydrogen (secondary N) is 2. The molecule has 2 atom stereocenters. The van der Waals surface area contributed by atoms with Crippen LogP contribution in [0.15, 0.2) is 54.6 Å². The second-order valence-corrected chi connectivity index (χ2v) is 8.82. The van der Waals surface area contributed by atoms with Crippen molar-refractivity contribution in [2.24, 2.45) is 5.92 Å². The van der Waals surface area contributed by atoms with Gasteiger partial charge in [-0.1, -0.05) is 62.2 Å². The molecule has 6 heteroatoms. The first-order chi connectivity index (χ1) is 15.0. The van der Waals surface area contributed by atoms with Gasteiger partial charge in [-0.3, -0.25) is 14.5 Å². The van der Waals surface area contributed by atoms with Crippen LogP contribution in [0.4, 0.5) is 0 Å². The number of hydrogen-bond acceptors (Lipinski definition) is 3. The average Bonchev–Trinajstić information content (AvgIpc) is 2.80. The van der Waals surface area contributed by atoms with Gasteiger partial charge in [-0.05, 0) is 48.6 Å². The molecular formula is C25H32ClN3O2. The highest BCUT2D eigenvalue weighted by atomic mass is 35.5. The van der Waals surface area contributed by atoms with Crippen LogP contribution in [-0.4, -0.2) is 41.9 Å². The Balaban J connectivity index is 1.52. The molecule has 31 heavy (non-hydrogen) atoms. The minimum atomic E-state index is -0.537. The zero-order chi connectivity index (χ0) is 22.2. The van der Waals surface area contributed by atoms with E-state index in [-0.39, 0.29) is 23.8 Å². The molecule has 0 bridgehead atoms. The fourth-order valence-electron chi connectivity index (χ4n) is 3.89. The van der Waals surface area contributed by atoms with E-state index < -0.39 is 6.04 Å². The van der Waals surface area contributed by atoms with Gasteiger partial charge in [-0.2, -0.15) is 0 Å². The lowest BCUT2D eigenvalue weighted by Crippen LogP contribution is -2.54. The predicted octanol–water partition coefficient (Wildman–Crippen LogP) is 4.27. The molecule has 0 spiro atoms. The molecule has 0 radical (unpaired) electrons. The van der Waals surface area contributed by atoms with Crippen LogP contribution < -0.4 is 10.6 Å². The van der Waals surface area contributed by atoms with Crippen molar-refractivity contribution in [2.75, 3.05) is 13.1 Å². The molecule has 0 aromatic heterocycles. The molecule has 1 heterocycles. The molecule has 1 saturated heterocycles. The maximum absolute atomic E-state index is 13.0. The average molecular weight is 442 g/mol. The molecule has 2 aromatic rings. The van der Waals surface area contributed by atoms with Gasteiger partial charge in [-0.15, -0.1) is 0 Å². The van der Waals surface area contributed by atoms with E-state index in [1.807, 2.05) is 44.2 Å². The Morgan fingerprint density at radius 3 is 2.32 bits per heavy atom. The van der Waals surface area contributed by atoms with E-state index in [1.54, 1.807) is 12.1 Å². The van der Waals surface area contributed by atoms with E-state index in [1.165, 1.54) is 5.56 Å². The standard InChI is InChI=1S/C25H32ClN3O2/c1-3-18(2)23(28-24(30)20-7-5-4-6-8-20)25(31)27-22-13-15-29(16-14-22)17-19-9-11-21(26)12-10-19/h4-12,18,22-23H,3,13-17H2,1-2H3,(H,27,31)(H,28,30)/t18-,23-/m0/s1. The smallest absolute Gasteiger partial charge is 0.251 e. The summed E-state index contributed by atoms with van der Waals surface area (Å²) in [7, 11) is 0. The third kappa shape index (κ3) is 6.81. The molecule has 2 amide bonds. The van der Waals surface area contributed by atoms with Gasteiger partial charge in [0.25, 0.3) is 5.91 Å². The molecule has 0 unspecified atom stereocenters. The normalized spacial score (nSPS) is 17.0. The van der Waals surface area contributed by atoms with Gasteiger partial charge >= 0.3 is 0 Å². The highest BCUT2D eigenvalue weighted by Gasteiger charge is 2.29. The monoisotopic (exact) mass is 441 g/mol. The van der Waals surface area contributed by atoms with Crippen molar-refractivity contribution in [3.63, 3.8) is 0 Å². The highest BCUT2D eigenvalue weighted by Crippen LogP contribution is 2.17. The number of piperidine rings is 1. The van der Waals surface area contributed by atoms with Crippen molar-refractivity contribution in [1.82, 2.24) is 15.5 Å². The predicted molar refractivity (Wildman–Crippen MR) is 125 cm³/mol. The second kappa shape index (κ2) is 11.3. The van der Waals surface area contributed by atoms with Crippen LogP contribution in [0.5, 0.6) is 0 Å². The van der Waals surface area contributed by atoms with Crippen molar-refractivity contribution in [3.05, 3.63) is 70.7 Å². The lowest BCUT2D eigenvalue weighted by Gasteiger charge is -2.34. The SMILES string of the molecule is CC[C@H](C)[C@H](NC(=O)c1ccccc1)C(=O)NC1CCN(Cc2ccc(Cl)cc2)CC1. The molecule has 2 N–H and O–H groups in total. The molecule has 0 aliphatic carbocycles. The highest BCUT2D eigenvalue weighted by molar-refractivity contribution is 6.30. The van der Waals surface area contributed by atoms with Gasteiger partial charge < -0.3 is 10.6 Å². The van der Waals surface area contributed by atoms with Crippen molar-refractivity contribution >= 4 is 23.4 Å². The number of hydrogen-bond donors (Lipinski definition) is 2. The van der Waals surface area contributed by atoms with Crippen LogP contribution in [0.2, 0.25) is 5.02 Å². The number of nitrogens with zero attached hydrogens (tertiary/aromatic N) is 1. The summed E-state index contributed by atoms with van der Waals surface area (Å²) in [6.07, 6.45) is 2.62. The fraction of sp³-hybridized carbons (Fsp3) is 0.440. The van der Waals surface area contributed by atoms with E-state index in [0.29, 0.717) is 5.56 Å². The number of likely N-dealkylation sites (tertiary alicyclic amines) is 1. The van der Waals surface area contributed by atoms with Crippen LogP contribution in [0.3, 0.4) is 0 Å². The van der Waals surface area contributed by atoms with Crippen LogP contribution in [0.25, 0.3) is 0 Å². The first-order valence-corrected chi connectivity index (χ1v) is 11.5. The number of halogens is 1. The van der Waals surface area contributed by atoms with E-state index in [2.05, 4.69) is 27.7 Å². The Morgan fingerprint density at radius 2 is 1.71 bits per heavy atom. The Bertz CT molecular complexity index is 849. The van der Waals surface area contributed by atoms with Crippen molar-refractivity contribution in [3.8, 4) is 0 Å². The van der Waals surface area contributed by atoms with Gasteiger partial charge in [0.1, 0.15) is 6.04 Å². The third-order valence-electron chi connectivity index (χ3n) is 6.07. The second-order valence-electron chi connectivity index (χ2n) is 8.39. The van der Waals surface area contributed by atoms with Crippen LogP contribution in [0, 0.1) is 5.92 Å². The third-order valence-corrected chi connectivity index (χ3v) is 6.32.